The van der Waals surface area contributed by atoms with Crippen molar-refractivity contribution < 1.29 is 9.59 Å². The summed E-state index contributed by atoms with van der Waals surface area (Å²) in [4.78, 5) is 31.0. The first kappa shape index (κ1) is 21.3. The number of carbonyl (C=O) groups excluding carboxylic acids is 2. The summed E-state index contributed by atoms with van der Waals surface area (Å²) in [5.74, 6) is 1.29. The Morgan fingerprint density at radius 3 is 2.93 bits per heavy atom. The average Bonchev–Trinajstić information content (AvgIpc) is 3.14. The number of nitrogens with zero attached hydrogens (tertiary/aromatic N) is 3. The average molecular weight is 417 g/mol. The summed E-state index contributed by atoms with van der Waals surface area (Å²) in [7, 11) is 0. The van der Waals surface area contributed by atoms with Gasteiger partial charge in [-0.25, -0.2) is 4.98 Å². The van der Waals surface area contributed by atoms with Crippen molar-refractivity contribution in [2.24, 2.45) is 0 Å². The van der Waals surface area contributed by atoms with E-state index >= 15 is 0 Å². The first-order valence-electron chi connectivity index (χ1n) is 9.96. The van der Waals surface area contributed by atoms with Gasteiger partial charge in [0.05, 0.1) is 12.5 Å². The molecule has 2 heterocycles. The molecule has 0 radical (unpaired) electrons. The summed E-state index contributed by atoms with van der Waals surface area (Å²) in [5.41, 5.74) is 1.29. The molecule has 3 N–H and O–H groups in total. The molecule has 0 unspecified atom stereocenters. The van der Waals surface area contributed by atoms with Crippen LogP contribution < -0.4 is 10.6 Å². The van der Waals surface area contributed by atoms with E-state index in [0.717, 1.165) is 31.8 Å². The van der Waals surface area contributed by atoms with E-state index in [1.54, 1.807) is 0 Å². The Balaban J connectivity index is 1.40. The van der Waals surface area contributed by atoms with Crippen molar-refractivity contribution in [2.75, 3.05) is 31.9 Å². The highest BCUT2D eigenvalue weighted by atomic mass is 32.2. The van der Waals surface area contributed by atoms with Crippen molar-refractivity contribution in [1.82, 2.24) is 30.7 Å². The second-order valence-corrected chi connectivity index (χ2v) is 8.10. The van der Waals surface area contributed by atoms with E-state index in [1.807, 2.05) is 25.1 Å². The zero-order chi connectivity index (χ0) is 20.5. The van der Waals surface area contributed by atoms with Gasteiger partial charge in [0.2, 0.25) is 17.0 Å². The zero-order valence-corrected chi connectivity index (χ0v) is 17.5. The van der Waals surface area contributed by atoms with Gasteiger partial charge in [0.1, 0.15) is 5.82 Å². The number of benzene rings is 1. The number of hydrogen-bond donors (Lipinski definition) is 3. The van der Waals surface area contributed by atoms with Crippen LogP contribution in [0.25, 0.3) is 0 Å². The first-order chi connectivity index (χ1) is 14.1. The predicted molar refractivity (Wildman–Crippen MR) is 113 cm³/mol. The van der Waals surface area contributed by atoms with Gasteiger partial charge in [-0.15, -0.1) is 5.10 Å². The number of carbonyl (C=O) groups is 2. The molecule has 0 saturated carbocycles. The van der Waals surface area contributed by atoms with Gasteiger partial charge in [-0.1, -0.05) is 42.1 Å². The predicted octanol–water partition coefficient (Wildman–Crippen LogP) is 1.14. The lowest BCUT2D eigenvalue weighted by atomic mass is 10.1. The number of amides is 2. The number of nitrogens with one attached hydrogen (secondary N) is 3. The number of thioether (sulfide) groups is 1. The number of piperazine rings is 1. The summed E-state index contributed by atoms with van der Waals surface area (Å²) in [6.45, 7) is 4.58. The largest absolute Gasteiger partial charge is 0.355 e. The van der Waals surface area contributed by atoms with E-state index < -0.39 is 6.04 Å². The maximum Gasteiger partial charge on any atom is 0.237 e. The fourth-order valence-corrected chi connectivity index (χ4v) is 4.05. The third kappa shape index (κ3) is 6.86. The van der Waals surface area contributed by atoms with E-state index in [9.17, 15) is 9.59 Å². The summed E-state index contributed by atoms with van der Waals surface area (Å²) in [6, 6.07) is 9.93. The van der Waals surface area contributed by atoms with Crippen LogP contribution in [0.3, 0.4) is 0 Å². The van der Waals surface area contributed by atoms with Crippen LogP contribution in [0.2, 0.25) is 0 Å². The van der Waals surface area contributed by atoms with Crippen molar-refractivity contribution in [3.8, 4) is 0 Å². The molecule has 8 nitrogen and oxygen atoms in total. The van der Waals surface area contributed by atoms with Crippen molar-refractivity contribution in [3.63, 3.8) is 0 Å². The van der Waals surface area contributed by atoms with E-state index in [0.29, 0.717) is 24.0 Å². The molecule has 1 aromatic heterocycles. The van der Waals surface area contributed by atoms with E-state index in [1.165, 1.54) is 17.3 Å². The number of aromatic amines is 1. The highest BCUT2D eigenvalue weighted by Crippen LogP contribution is 2.13. The van der Waals surface area contributed by atoms with Crippen LogP contribution in [0.4, 0.5) is 0 Å². The molecule has 1 atom stereocenters. The van der Waals surface area contributed by atoms with Gasteiger partial charge in [-0.05, 0) is 31.9 Å². The minimum absolute atomic E-state index is 0.0586. The van der Waals surface area contributed by atoms with Crippen LogP contribution in [0.1, 0.15) is 24.2 Å². The van der Waals surface area contributed by atoms with Gasteiger partial charge in [0.15, 0.2) is 0 Å². The smallest absolute Gasteiger partial charge is 0.237 e. The molecule has 29 heavy (non-hydrogen) atoms. The van der Waals surface area contributed by atoms with Crippen LogP contribution in [0, 0.1) is 6.92 Å². The quantitative estimate of drug-likeness (QED) is 0.397. The highest BCUT2D eigenvalue weighted by molar-refractivity contribution is 7.99. The van der Waals surface area contributed by atoms with Crippen molar-refractivity contribution in [2.45, 2.75) is 37.4 Å². The first-order valence-corrected chi connectivity index (χ1v) is 10.9. The molecule has 0 aliphatic carbocycles. The Bertz CT molecular complexity index is 797. The van der Waals surface area contributed by atoms with Crippen molar-refractivity contribution in [3.05, 3.63) is 41.7 Å². The number of rotatable bonds is 10. The highest BCUT2D eigenvalue weighted by Gasteiger charge is 2.31. The van der Waals surface area contributed by atoms with Gasteiger partial charge in [0.25, 0.3) is 0 Å². The Labute approximate surface area is 175 Å². The molecule has 0 spiro atoms. The zero-order valence-electron chi connectivity index (χ0n) is 16.7. The topological polar surface area (TPSA) is 103 Å². The summed E-state index contributed by atoms with van der Waals surface area (Å²) in [5, 5.41) is 13.3. The number of H-pyrrole nitrogens is 1. The monoisotopic (exact) mass is 416 g/mol. The summed E-state index contributed by atoms with van der Waals surface area (Å²) >= 11 is 1.48. The Hall–Kier alpha value is -2.39. The SMILES string of the molecule is Cc1nc(SCCNC(=O)C[C@@H]2C(=O)NCCN2CCCc2ccccc2)n[nH]1. The van der Waals surface area contributed by atoms with E-state index in [4.69, 9.17) is 0 Å². The molecule has 0 bridgehead atoms. The normalized spacial score (nSPS) is 17.1. The third-order valence-corrected chi connectivity index (χ3v) is 5.66. The third-order valence-electron chi connectivity index (χ3n) is 4.81. The lowest BCUT2D eigenvalue weighted by Gasteiger charge is -2.34. The van der Waals surface area contributed by atoms with Crippen molar-refractivity contribution >= 4 is 23.6 Å². The molecule has 156 valence electrons. The Morgan fingerprint density at radius 2 is 2.17 bits per heavy atom. The Kier molecular flexibility index (Phi) is 8.06. The van der Waals surface area contributed by atoms with E-state index in [-0.39, 0.29) is 18.2 Å². The van der Waals surface area contributed by atoms with Crippen LogP contribution >= 0.6 is 11.8 Å². The van der Waals surface area contributed by atoms with E-state index in [2.05, 4.69) is 42.8 Å². The van der Waals surface area contributed by atoms with Gasteiger partial charge >= 0.3 is 0 Å². The molecular formula is C20H28N6O2S. The molecule has 1 aliphatic rings. The molecule has 1 fully saturated rings. The minimum atomic E-state index is -0.400. The number of aromatic nitrogens is 3. The van der Waals surface area contributed by atoms with Crippen LogP contribution in [-0.2, 0) is 16.0 Å². The molecule has 9 heteroatoms. The van der Waals surface area contributed by atoms with Gasteiger partial charge in [-0.2, -0.15) is 0 Å². The molecule has 1 saturated heterocycles. The van der Waals surface area contributed by atoms with Crippen LogP contribution in [0.15, 0.2) is 35.5 Å². The van der Waals surface area contributed by atoms with Crippen LogP contribution in [0.5, 0.6) is 0 Å². The fourth-order valence-electron chi connectivity index (χ4n) is 3.35. The molecule has 2 amide bonds. The maximum absolute atomic E-state index is 12.3. The lowest BCUT2D eigenvalue weighted by molar-refractivity contribution is -0.133. The molecule has 2 aromatic rings. The molecular weight excluding hydrogens is 388 g/mol. The van der Waals surface area contributed by atoms with Gasteiger partial charge in [0, 0.05) is 25.4 Å². The standard InChI is InChI=1S/C20H28N6O2S/c1-15-23-20(25-24-15)29-13-10-21-18(27)14-17-19(28)22-9-12-26(17)11-5-8-16-6-3-2-4-7-16/h2-4,6-7,17H,5,8-14H2,1H3,(H,21,27)(H,22,28)(H,23,24,25)/t17-/m1/s1. The number of aryl methyl sites for hydroxylation is 2. The fraction of sp³-hybridized carbons (Fsp3) is 0.500. The summed E-state index contributed by atoms with van der Waals surface area (Å²) in [6.07, 6.45) is 2.11. The number of hydrogen-bond acceptors (Lipinski definition) is 6. The Morgan fingerprint density at radius 1 is 1.34 bits per heavy atom. The van der Waals surface area contributed by atoms with Gasteiger partial charge < -0.3 is 10.6 Å². The minimum Gasteiger partial charge on any atom is -0.355 e. The second kappa shape index (κ2) is 11.0. The second-order valence-electron chi connectivity index (χ2n) is 7.04. The molecule has 1 aliphatic heterocycles. The molecule has 3 rings (SSSR count). The molecule has 1 aromatic carbocycles. The van der Waals surface area contributed by atoms with Gasteiger partial charge in [-0.3, -0.25) is 19.6 Å². The lowest BCUT2D eigenvalue weighted by Crippen LogP contribution is -2.56. The maximum atomic E-state index is 12.3. The van der Waals surface area contributed by atoms with Crippen molar-refractivity contribution in [1.29, 1.82) is 0 Å². The summed E-state index contributed by atoms with van der Waals surface area (Å²) < 4.78 is 0. The van der Waals surface area contributed by atoms with Crippen LogP contribution in [-0.4, -0.2) is 69.9 Å².